The maximum Gasteiger partial charge on any atom is 0.0294 e. The number of thioether (sulfide) groups is 1. The van der Waals surface area contributed by atoms with Crippen LogP contribution in [0, 0.1) is 3.57 Å². The smallest absolute Gasteiger partial charge is 0.0294 e. The van der Waals surface area contributed by atoms with Gasteiger partial charge in [0.15, 0.2) is 0 Å². The van der Waals surface area contributed by atoms with Crippen LogP contribution in [-0.2, 0) is 0 Å². The molecular formula is C13H20INS. The van der Waals surface area contributed by atoms with E-state index >= 15 is 0 Å². The summed E-state index contributed by atoms with van der Waals surface area (Å²) in [6.07, 6.45) is 3.39. The van der Waals surface area contributed by atoms with Crippen LogP contribution < -0.4 is 5.32 Å². The molecule has 1 N–H and O–H groups in total. The summed E-state index contributed by atoms with van der Waals surface area (Å²) in [5.41, 5.74) is 1.37. The number of nitrogens with one attached hydrogen (secondary N) is 1. The molecule has 2 atom stereocenters. The molecule has 2 unspecified atom stereocenters. The van der Waals surface area contributed by atoms with Crippen molar-refractivity contribution < 1.29 is 0 Å². The highest BCUT2D eigenvalue weighted by Crippen LogP contribution is 2.15. The number of hydrogen-bond donors (Lipinski definition) is 1. The third kappa shape index (κ3) is 5.06. The predicted molar refractivity (Wildman–Crippen MR) is 83.2 cm³/mol. The van der Waals surface area contributed by atoms with Crippen LogP contribution in [0.25, 0.3) is 0 Å². The minimum atomic E-state index is 0.439. The Bertz CT molecular complexity index is 299. The van der Waals surface area contributed by atoms with Gasteiger partial charge in [-0.05, 0) is 72.6 Å². The molecular weight excluding hydrogens is 329 g/mol. The third-order valence-corrected chi connectivity index (χ3v) is 4.02. The van der Waals surface area contributed by atoms with Crippen LogP contribution in [0.3, 0.4) is 0 Å². The highest BCUT2D eigenvalue weighted by Gasteiger charge is 2.08. The summed E-state index contributed by atoms with van der Waals surface area (Å²) in [5.74, 6) is 1.23. The van der Waals surface area contributed by atoms with Crippen molar-refractivity contribution in [1.29, 1.82) is 0 Å². The van der Waals surface area contributed by atoms with Crippen molar-refractivity contribution >= 4 is 34.4 Å². The van der Waals surface area contributed by atoms with Crippen molar-refractivity contribution in [2.45, 2.75) is 32.4 Å². The summed E-state index contributed by atoms with van der Waals surface area (Å²) in [6.45, 7) is 4.50. The molecule has 0 amide bonds. The normalized spacial score (nSPS) is 14.8. The van der Waals surface area contributed by atoms with Crippen molar-refractivity contribution in [3.8, 4) is 0 Å². The Kier molecular flexibility index (Phi) is 6.77. The molecule has 90 valence electrons. The second-order valence-electron chi connectivity index (χ2n) is 4.12. The SMILES string of the molecule is CSCCC(C)NC(C)c1ccc(I)cc1. The molecule has 0 aromatic heterocycles. The summed E-state index contributed by atoms with van der Waals surface area (Å²) < 4.78 is 1.30. The lowest BCUT2D eigenvalue weighted by Crippen LogP contribution is -2.29. The first-order valence-corrected chi connectivity index (χ1v) is 8.11. The Morgan fingerprint density at radius 2 is 1.88 bits per heavy atom. The summed E-state index contributed by atoms with van der Waals surface area (Å²) >= 11 is 4.25. The van der Waals surface area contributed by atoms with Gasteiger partial charge in [-0.25, -0.2) is 0 Å². The predicted octanol–water partition coefficient (Wildman–Crippen LogP) is 4.08. The standard InChI is InChI=1S/C13H20INS/c1-10(8-9-16-3)15-11(2)12-4-6-13(14)7-5-12/h4-7,10-11,15H,8-9H2,1-3H3. The highest BCUT2D eigenvalue weighted by atomic mass is 127. The van der Waals surface area contributed by atoms with E-state index in [1.165, 1.54) is 21.3 Å². The molecule has 1 nitrogen and oxygen atoms in total. The van der Waals surface area contributed by atoms with E-state index in [-0.39, 0.29) is 0 Å². The first-order valence-electron chi connectivity index (χ1n) is 5.64. The molecule has 0 heterocycles. The zero-order valence-corrected chi connectivity index (χ0v) is 13.1. The molecule has 0 aliphatic heterocycles. The van der Waals surface area contributed by atoms with Gasteiger partial charge < -0.3 is 5.32 Å². The van der Waals surface area contributed by atoms with Crippen molar-refractivity contribution in [2.75, 3.05) is 12.0 Å². The fraction of sp³-hybridized carbons (Fsp3) is 0.538. The third-order valence-electron chi connectivity index (χ3n) is 2.66. The fourth-order valence-corrected chi connectivity index (χ4v) is 2.60. The molecule has 0 aliphatic rings. The van der Waals surface area contributed by atoms with Gasteiger partial charge in [-0.15, -0.1) is 0 Å². The quantitative estimate of drug-likeness (QED) is 0.777. The summed E-state index contributed by atoms with van der Waals surface area (Å²) in [4.78, 5) is 0. The van der Waals surface area contributed by atoms with Crippen molar-refractivity contribution in [1.82, 2.24) is 5.32 Å². The second kappa shape index (κ2) is 7.56. The molecule has 0 bridgehead atoms. The Labute approximate surface area is 117 Å². The minimum Gasteiger partial charge on any atom is -0.308 e. The average Bonchev–Trinajstić information content (AvgIpc) is 2.27. The van der Waals surface area contributed by atoms with Crippen LogP contribution in [0.4, 0.5) is 0 Å². The molecule has 0 aliphatic carbocycles. The van der Waals surface area contributed by atoms with Gasteiger partial charge in [-0.2, -0.15) is 11.8 Å². The van der Waals surface area contributed by atoms with Gasteiger partial charge >= 0.3 is 0 Å². The molecule has 0 fully saturated rings. The zero-order chi connectivity index (χ0) is 12.0. The lowest BCUT2D eigenvalue weighted by Gasteiger charge is -2.20. The number of halogens is 1. The van der Waals surface area contributed by atoms with Gasteiger partial charge in [0.05, 0.1) is 0 Å². The fourth-order valence-electron chi connectivity index (χ4n) is 1.65. The van der Waals surface area contributed by atoms with Crippen molar-refractivity contribution in [3.63, 3.8) is 0 Å². The van der Waals surface area contributed by atoms with Gasteiger partial charge in [0.25, 0.3) is 0 Å². The lowest BCUT2D eigenvalue weighted by molar-refractivity contribution is 0.471. The van der Waals surface area contributed by atoms with Crippen LogP contribution in [0.1, 0.15) is 31.9 Å². The van der Waals surface area contributed by atoms with E-state index in [2.05, 4.69) is 72.3 Å². The Hall–Kier alpha value is 0.260. The topological polar surface area (TPSA) is 12.0 Å². The van der Waals surface area contributed by atoms with E-state index in [0.29, 0.717) is 12.1 Å². The molecule has 1 rings (SSSR count). The molecule has 0 saturated carbocycles. The summed E-state index contributed by atoms with van der Waals surface area (Å²) in [6, 6.07) is 9.78. The van der Waals surface area contributed by atoms with E-state index in [9.17, 15) is 0 Å². The minimum absolute atomic E-state index is 0.439. The van der Waals surface area contributed by atoms with E-state index < -0.39 is 0 Å². The first kappa shape index (κ1) is 14.3. The van der Waals surface area contributed by atoms with Crippen LogP contribution in [0.15, 0.2) is 24.3 Å². The van der Waals surface area contributed by atoms with Crippen LogP contribution in [-0.4, -0.2) is 18.1 Å². The molecule has 0 spiro atoms. The van der Waals surface area contributed by atoms with Gasteiger partial charge in [-0.1, -0.05) is 12.1 Å². The Morgan fingerprint density at radius 3 is 2.44 bits per heavy atom. The second-order valence-corrected chi connectivity index (χ2v) is 6.35. The number of benzene rings is 1. The van der Waals surface area contributed by atoms with Crippen molar-refractivity contribution in [2.24, 2.45) is 0 Å². The highest BCUT2D eigenvalue weighted by molar-refractivity contribution is 14.1. The van der Waals surface area contributed by atoms with Gasteiger partial charge in [0.2, 0.25) is 0 Å². The Balaban J connectivity index is 2.45. The van der Waals surface area contributed by atoms with Crippen molar-refractivity contribution in [3.05, 3.63) is 33.4 Å². The first-order chi connectivity index (χ1) is 7.63. The molecule has 1 aromatic rings. The van der Waals surface area contributed by atoms with Gasteiger partial charge in [0.1, 0.15) is 0 Å². The molecule has 0 saturated heterocycles. The van der Waals surface area contributed by atoms with E-state index in [4.69, 9.17) is 0 Å². The van der Waals surface area contributed by atoms with Crippen LogP contribution in [0.2, 0.25) is 0 Å². The molecule has 16 heavy (non-hydrogen) atoms. The van der Waals surface area contributed by atoms with E-state index in [1.54, 1.807) is 0 Å². The average molecular weight is 349 g/mol. The summed E-state index contributed by atoms with van der Waals surface area (Å²) in [7, 11) is 0. The lowest BCUT2D eigenvalue weighted by atomic mass is 10.1. The summed E-state index contributed by atoms with van der Waals surface area (Å²) in [5, 5.41) is 3.63. The van der Waals surface area contributed by atoms with Gasteiger partial charge in [0, 0.05) is 15.7 Å². The molecule has 3 heteroatoms. The zero-order valence-electron chi connectivity index (χ0n) is 10.2. The number of rotatable bonds is 6. The van der Waals surface area contributed by atoms with Crippen LogP contribution in [0.5, 0.6) is 0 Å². The largest absolute Gasteiger partial charge is 0.308 e. The van der Waals surface area contributed by atoms with E-state index in [1.807, 2.05) is 11.8 Å². The molecule has 1 aromatic carbocycles. The monoisotopic (exact) mass is 349 g/mol. The Morgan fingerprint density at radius 1 is 1.25 bits per heavy atom. The number of hydrogen-bond acceptors (Lipinski definition) is 2. The molecule has 0 radical (unpaired) electrons. The maximum atomic E-state index is 3.63. The maximum absolute atomic E-state index is 3.63. The van der Waals surface area contributed by atoms with Gasteiger partial charge in [-0.3, -0.25) is 0 Å². The van der Waals surface area contributed by atoms with E-state index in [0.717, 1.165) is 0 Å². The van der Waals surface area contributed by atoms with Crippen LogP contribution >= 0.6 is 34.4 Å².